The van der Waals surface area contributed by atoms with Crippen LogP contribution in [0, 0.1) is 11.3 Å². The molecular formula is C22H16N4O2S2. The molecule has 2 aromatic carbocycles. The van der Waals surface area contributed by atoms with Gasteiger partial charge in [-0.3, -0.25) is 9.59 Å². The number of benzene rings is 2. The summed E-state index contributed by atoms with van der Waals surface area (Å²) in [5.41, 5.74) is 1.51. The summed E-state index contributed by atoms with van der Waals surface area (Å²) in [5, 5.41) is 11.2. The number of aromatic nitrogens is 2. The summed E-state index contributed by atoms with van der Waals surface area (Å²) in [7, 11) is 1.67. The van der Waals surface area contributed by atoms with Gasteiger partial charge in [0.05, 0.1) is 23.2 Å². The van der Waals surface area contributed by atoms with Crippen molar-refractivity contribution in [1.82, 2.24) is 14.9 Å². The highest BCUT2D eigenvalue weighted by molar-refractivity contribution is 7.99. The molecule has 1 N–H and O–H groups in total. The topological polar surface area (TPSA) is 89.8 Å². The van der Waals surface area contributed by atoms with Gasteiger partial charge in [0.25, 0.3) is 11.5 Å². The van der Waals surface area contributed by atoms with Crippen LogP contribution >= 0.6 is 23.1 Å². The standard InChI is InChI=1S/C22H16N4O2S2/c1-26(13-19-24-16-10-11-29-20(16)21(27)25-19)22(28)15-7-3-5-9-18(15)30-17-8-4-2-6-14(17)12-23/h2-11H,13H2,1H3,(H,24,25,27). The lowest BCUT2D eigenvalue weighted by Crippen LogP contribution is -2.28. The molecule has 4 aromatic rings. The van der Waals surface area contributed by atoms with Gasteiger partial charge in [-0.2, -0.15) is 5.26 Å². The molecule has 2 aromatic heterocycles. The average molecular weight is 433 g/mol. The molecule has 6 nitrogen and oxygen atoms in total. The van der Waals surface area contributed by atoms with E-state index < -0.39 is 0 Å². The number of rotatable bonds is 5. The first-order chi connectivity index (χ1) is 14.6. The summed E-state index contributed by atoms with van der Waals surface area (Å²) in [5.74, 6) is 0.238. The van der Waals surface area contributed by atoms with E-state index in [2.05, 4.69) is 16.0 Å². The van der Waals surface area contributed by atoms with Gasteiger partial charge in [-0.05, 0) is 35.7 Å². The van der Waals surface area contributed by atoms with E-state index >= 15 is 0 Å². The van der Waals surface area contributed by atoms with E-state index in [0.717, 1.165) is 9.79 Å². The van der Waals surface area contributed by atoms with E-state index in [0.29, 0.717) is 27.2 Å². The number of nitrogens with one attached hydrogen (secondary N) is 1. The highest BCUT2D eigenvalue weighted by Gasteiger charge is 2.18. The number of carbonyl (C=O) groups is 1. The minimum atomic E-state index is -0.199. The van der Waals surface area contributed by atoms with Gasteiger partial charge >= 0.3 is 0 Å². The van der Waals surface area contributed by atoms with Gasteiger partial charge in [-0.1, -0.05) is 36.0 Å². The molecule has 0 bridgehead atoms. The Labute approximate surface area is 180 Å². The number of amides is 1. The Kier molecular flexibility index (Phi) is 5.65. The Balaban J connectivity index is 1.60. The second-order valence-corrected chi connectivity index (χ2v) is 8.51. The van der Waals surface area contributed by atoms with E-state index in [4.69, 9.17) is 0 Å². The van der Waals surface area contributed by atoms with Crippen LogP contribution in [0.15, 0.2) is 74.6 Å². The molecule has 30 heavy (non-hydrogen) atoms. The predicted molar refractivity (Wildman–Crippen MR) is 118 cm³/mol. The fourth-order valence-corrected chi connectivity index (χ4v) is 4.74. The molecule has 0 saturated carbocycles. The van der Waals surface area contributed by atoms with Crippen LogP contribution in [-0.2, 0) is 6.54 Å². The van der Waals surface area contributed by atoms with E-state index in [9.17, 15) is 14.9 Å². The van der Waals surface area contributed by atoms with Crippen molar-refractivity contribution in [3.8, 4) is 6.07 Å². The number of nitrogens with zero attached hydrogens (tertiary/aromatic N) is 3. The number of nitriles is 1. The Hall–Kier alpha value is -3.41. The Morgan fingerprint density at radius 3 is 2.70 bits per heavy atom. The first kappa shape index (κ1) is 19.9. The smallest absolute Gasteiger partial charge is 0.268 e. The molecule has 0 atom stereocenters. The van der Waals surface area contributed by atoms with Crippen LogP contribution in [0.1, 0.15) is 21.7 Å². The Morgan fingerprint density at radius 1 is 1.17 bits per heavy atom. The second kappa shape index (κ2) is 8.53. The van der Waals surface area contributed by atoms with Crippen molar-refractivity contribution in [3.63, 3.8) is 0 Å². The van der Waals surface area contributed by atoms with Gasteiger partial charge in [-0.25, -0.2) is 4.98 Å². The van der Waals surface area contributed by atoms with Crippen molar-refractivity contribution in [2.24, 2.45) is 0 Å². The van der Waals surface area contributed by atoms with Crippen LogP contribution in [0.4, 0.5) is 0 Å². The van der Waals surface area contributed by atoms with Gasteiger partial charge < -0.3 is 9.88 Å². The van der Waals surface area contributed by atoms with E-state index in [1.165, 1.54) is 28.0 Å². The molecule has 0 unspecified atom stereocenters. The third kappa shape index (κ3) is 3.99. The molecule has 1 amide bonds. The monoisotopic (exact) mass is 432 g/mol. The first-order valence-corrected chi connectivity index (χ1v) is 10.7. The summed E-state index contributed by atoms with van der Waals surface area (Å²) in [6, 6.07) is 18.5. The summed E-state index contributed by atoms with van der Waals surface area (Å²) < 4.78 is 0.575. The third-order valence-electron chi connectivity index (χ3n) is 4.44. The summed E-state index contributed by atoms with van der Waals surface area (Å²) in [6.07, 6.45) is 0. The maximum atomic E-state index is 13.1. The molecular weight excluding hydrogens is 416 g/mol. The van der Waals surface area contributed by atoms with Crippen molar-refractivity contribution in [2.45, 2.75) is 16.3 Å². The van der Waals surface area contributed by atoms with Gasteiger partial charge in [-0.15, -0.1) is 11.3 Å². The molecule has 0 aliphatic carbocycles. The maximum absolute atomic E-state index is 13.1. The molecule has 0 aliphatic rings. The molecule has 0 fully saturated rings. The molecule has 148 valence electrons. The van der Waals surface area contributed by atoms with Crippen molar-refractivity contribution < 1.29 is 4.79 Å². The second-order valence-electron chi connectivity index (χ2n) is 6.51. The number of aromatic amines is 1. The Bertz CT molecular complexity index is 1340. The van der Waals surface area contributed by atoms with Crippen molar-refractivity contribution in [3.05, 3.63) is 87.3 Å². The normalized spacial score (nSPS) is 10.7. The summed E-state index contributed by atoms with van der Waals surface area (Å²) >= 11 is 2.72. The number of fused-ring (bicyclic) bond motifs is 1. The van der Waals surface area contributed by atoms with Gasteiger partial charge in [0.15, 0.2) is 0 Å². The number of H-pyrrole nitrogens is 1. The SMILES string of the molecule is CN(Cc1nc2ccsc2c(=O)[nH]1)C(=O)c1ccccc1Sc1ccccc1C#N. The van der Waals surface area contributed by atoms with Gasteiger partial charge in [0.1, 0.15) is 16.6 Å². The van der Waals surface area contributed by atoms with Gasteiger partial charge in [0, 0.05) is 16.8 Å². The van der Waals surface area contributed by atoms with Crippen LogP contribution in [0.3, 0.4) is 0 Å². The minimum absolute atomic E-state index is 0.174. The fourth-order valence-electron chi connectivity index (χ4n) is 3.00. The molecule has 4 rings (SSSR count). The fraction of sp³-hybridized carbons (Fsp3) is 0.0909. The number of hydrogen-bond acceptors (Lipinski definition) is 6. The molecule has 0 aliphatic heterocycles. The molecule has 8 heteroatoms. The third-order valence-corrected chi connectivity index (χ3v) is 6.50. The molecule has 0 saturated heterocycles. The van der Waals surface area contributed by atoms with Gasteiger partial charge in [0.2, 0.25) is 0 Å². The van der Waals surface area contributed by atoms with Crippen LogP contribution in [0.5, 0.6) is 0 Å². The Morgan fingerprint density at radius 2 is 1.90 bits per heavy atom. The van der Waals surface area contributed by atoms with Crippen LogP contribution in [0.25, 0.3) is 10.2 Å². The number of hydrogen-bond donors (Lipinski definition) is 1. The lowest BCUT2D eigenvalue weighted by atomic mass is 10.2. The van der Waals surface area contributed by atoms with Crippen LogP contribution < -0.4 is 5.56 Å². The highest BCUT2D eigenvalue weighted by Crippen LogP contribution is 2.33. The van der Waals surface area contributed by atoms with Crippen molar-refractivity contribution in [2.75, 3.05) is 7.05 Å². The first-order valence-electron chi connectivity index (χ1n) is 9.04. The molecule has 0 spiro atoms. The highest BCUT2D eigenvalue weighted by atomic mass is 32.2. The van der Waals surface area contributed by atoms with Crippen molar-refractivity contribution >= 4 is 39.2 Å². The summed E-state index contributed by atoms with van der Waals surface area (Å²) in [4.78, 5) is 35.6. The zero-order valence-electron chi connectivity index (χ0n) is 16.0. The lowest BCUT2D eigenvalue weighted by Gasteiger charge is -2.18. The zero-order valence-corrected chi connectivity index (χ0v) is 17.6. The zero-order chi connectivity index (χ0) is 21.1. The summed E-state index contributed by atoms with van der Waals surface area (Å²) in [6.45, 7) is 0.174. The van der Waals surface area contributed by atoms with E-state index in [1.807, 2.05) is 35.7 Å². The maximum Gasteiger partial charge on any atom is 0.268 e. The molecule has 2 heterocycles. The average Bonchev–Trinajstić information content (AvgIpc) is 3.23. The van der Waals surface area contributed by atoms with Crippen LogP contribution in [0.2, 0.25) is 0 Å². The predicted octanol–water partition coefficient (Wildman–Crippen LogP) is 4.28. The quantitative estimate of drug-likeness (QED) is 0.508. The van der Waals surface area contributed by atoms with E-state index in [1.54, 1.807) is 31.3 Å². The van der Waals surface area contributed by atoms with Crippen molar-refractivity contribution in [1.29, 1.82) is 5.26 Å². The number of carbonyl (C=O) groups excluding carboxylic acids is 1. The lowest BCUT2D eigenvalue weighted by molar-refractivity contribution is 0.0778. The largest absolute Gasteiger partial charge is 0.334 e. The van der Waals surface area contributed by atoms with Crippen LogP contribution in [-0.4, -0.2) is 27.8 Å². The minimum Gasteiger partial charge on any atom is -0.334 e. The van der Waals surface area contributed by atoms with E-state index in [-0.39, 0.29) is 18.0 Å². The molecule has 0 radical (unpaired) electrons. The number of thiophene rings is 1.